The molecule has 0 aromatic rings. The molecule has 10 heteroatoms. The molecular formula is C44H71N3O7. The van der Waals surface area contributed by atoms with Crippen molar-refractivity contribution >= 4 is 17.7 Å². The van der Waals surface area contributed by atoms with Crippen LogP contribution < -0.4 is 5.32 Å². The van der Waals surface area contributed by atoms with Crippen LogP contribution in [0.3, 0.4) is 0 Å². The quantitative estimate of drug-likeness (QED) is 0.120. The molecule has 4 atom stereocenters. The number of carbonyl (C=O) groups is 3. The van der Waals surface area contributed by atoms with Crippen LogP contribution >= 0.6 is 0 Å². The van der Waals surface area contributed by atoms with E-state index in [2.05, 4.69) is 17.1 Å². The van der Waals surface area contributed by atoms with Crippen molar-refractivity contribution in [2.75, 3.05) is 46.0 Å². The lowest BCUT2D eigenvalue weighted by molar-refractivity contribution is -0.145. The Balaban J connectivity index is 0.761. The van der Waals surface area contributed by atoms with E-state index < -0.39 is 6.04 Å². The molecule has 2 N–H and O–H groups in total. The molecule has 0 aromatic carbocycles. The summed E-state index contributed by atoms with van der Waals surface area (Å²) in [6.45, 7) is 8.10. The maximum atomic E-state index is 13.1. The second-order valence-electron chi connectivity index (χ2n) is 18.1. The third kappa shape index (κ3) is 10.2. The van der Waals surface area contributed by atoms with E-state index in [4.69, 9.17) is 14.2 Å². The molecule has 0 spiro atoms. The van der Waals surface area contributed by atoms with Gasteiger partial charge in [-0.05, 0) is 133 Å². The van der Waals surface area contributed by atoms with Crippen LogP contribution in [0, 0.1) is 29.6 Å². The number of nitrogens with one attached hydrogen (secondary N) is 1. The van der Waals surface area contributed by atoms with Gasteiger partial charge in [0.25, 0.3) is 0 Å². The number of allylic oxidation sites excluding steroid dienone is 2. The van der Waals surface area contributed by atoms with E-state index in [1.165, 1.54) is 77.0 Å². The maximum Gasteiger partial charge on any atom is 0.249 e. The van der Waals surface area contributed by atoms with Crippen LogP contribution in [-0.4, -0.2) is 109 Å². The largest absolute Gasteiger partial charge is 0.393 e. The Hall–Kier alpha value is -1.85. The van der Waals surface area contributed by atoms with Crippen LogP contribution in [0.5, 0.6) is 0 Å². The number of aliphatic hydroxyl groups excluding tert-OH is 1. The van der Waals surface area contributed by atoms with E-state index in [-0.39, 0.29) is 47.9 Å². The molecule has 0 bridgehead atoms. The molecule has 7 aliphatic rings. The molecule has 7 rings (SSSR count). The highest BCUT2D eigenvalue weighted by molar-refractivity contribution is 6.02. The third-order valence-corrected chi connectivity index (χ3v) is 14.7. The fourth-order valence-corrected chi connectivity index (χ4v) is 11.8. The molecule has 4 aliphatic carbocycles. The maximum absolute atomic E-state index is 13.1. The Bertz CT molecular complexity index is 1280. The Morgan fingerprint density at radius 3 is 2.02 bits per heavy atom. The van der Waals surface area contributed by atoms with Crippen molar-refractivity contribution in [1.29, 1.82) is 0 Å². The number of hydrogen-bond acceptors (Lipinski definition) is 8. The lowest BCUT2D eigenvalue weighted by Gasteiger charge is -2.39. The highest BCUT2D eigenvalue weighted by Gasteiger charge is 2.48. The molecule has 3 aliphatic heterocycles. The van der Waals surface area contributed by atoms with Crippen LogP contribution in [0.4, 0.5) is 0 Å². The van der Waals surface area contributed by atoms with Crippen molar-refractivity contribution in [1.82, 2.24) is 15.1 Å². The number of likely N-dealkylation sites (tertiary alicyclic amines) is 2. The number of fused-ring (bicyclic) bond motifs is 1. The molecule has 4 unspecified atom stereocenters. The van der Waals surface area contributed by atoms with Crippen LogP contribution in [0.2, 0.25) is 0 Å². The lowest BCUT2D eigenvalue weighted by Crippen LogP contribution is -2.53. The van der Waals surface area contributed by atoms with Crippen molar-refractivity contribution in [3.63, 3.8) is 0 Å². The van der Waals surface area contributed by atoms with Crippen LogP contribution in [0.15, 0.2) is 11.1 Å². The van der Waals surface area contributed by atoms with Gasteiger partial charge >= 0.3 is 0 Å². The zero-order chi connectivity index (χ0) is 37.4. The molecule has 4 saturated carbocycles. The van der Waals surface area contributed by atoms with E-state index in [0.717, 1.165) is 83.0 Å². The molecule has 54 heavy (non-hydrogen) atoms. The van der Waals surface area contributed by atoms with Crippen molar-refractivity contribution in [3.05, 3.63) is 11.1 Å². The minimum Gasteiger partial charge on any atom is -0.393 e. The second kappa shape index (κ2) is 19.5. The summed E-state index contributed by atoms with van der Waals surface area (Å²) in [5.41, 5.74) is 3.67. The average Bonchev–Trinajstić information content (AvgIpc) is 3.52. The summed E-state index contributed by atoms with van der Waals surface area (Å²) < 4.78 is 19.0. The smallest absolute Gasteiger partial charge is 0.249 e. The number of imide groups is 1. The molecule has 7 fully saturated rings. The summed E-state index contributed by atoms with van der Waals surface area (Å²) >= 11 is 0. The molecule has 3 heterocycles. The predicted octanol–water partition coefficient (Wildman–Crippen LogP) is 6.33. The van der Waals surface area contributed by atoms with Gasteiger partial charge in [0, 0.05) is 38.5 Å². The van der Waals surface area contributed by atoms with Crippen LogP contribution in [-0.2, 0) is 28.6 Å². The van der Waals surface area contributed by atoms with E-state index in [1.54, 1.807) is 4.90 Å². The van der Waals surface area contributed by atoms with E-state index in [1.807, 2.05) is 11.1 Å². The summed E-state index contributed by atoms with van der Waals surface area (Å²) in [5, 5.41) is 12.7. The Morgan fingerprint density at radius 2 is 1.33 bits per heavy atom. The standard InChI is InChI=1S/C44H71N3O7/c1-2-38(30-6-4-3-5-7-30)42(31-8-12-34(48)13-9-31)32-10-14-35(15-11-32)52-25-24-46-22-20-36(21-23-46)53-26-27-54-37-16-17-39-33(28-37)29-47(44(39)51)40-18-19-41(49)45-43(40)50/h30-37,39-40,48H,2-29H2,1H3,(H,45,49,50)/b42-38-. The summed E-state index contributed by atoms with van der Waals surface area (Å²) in [5.74, 6) is 1.91. The Kier molecular flexibility index (Phi) is 14.6. The monoisotopic (exact) mass is 754 g/mol. The first-order valence-corrected chi connectivity index (χ1v) is 22.5. The summed E-state index contributed by atoms with van der Waals surface area (Å²) in [4.78, 5) is 41.3. The highest BCUT2D eigenvalue weighted by Crippen LogP contribution is 2.46. The fraction of sp³-hybridized carbons (Fsp3) is 0.886. The van der Waals surface area contributed by atoms with E-state index in [0.29, 0.717) is 44.6 Å². The van der Waals surface area contributed by atoms with Crippen LogP contribution in [0.25, 0.3) is 0 Å². The number of carbonyl (C=O) groups excluding carboxylic acids is 3. The highest BCUT2D eigenvalue weighted by atomic mass is 16.5. The molecule has 0 aromatic heterocycles. The Labute approximate surface area is 324 Å². The second-order valence-corrected chi connectivity index (χ2v) is 18.1. The summed E-state index contributed by atoms with van der Waals surface area (Å²) in [7, 11) is 0. The third-order valence-electron chi connectivity index (χ3n) is 14.7. The first-order valence-electron chi connectivity index (χ1n) is 22.5. The van der Waals surface area contributed by atoms with Gasteiger partial charge in [0.1, 0.15) is 6.04 Å². The topological polar surface area (TPSA) is 118 Å². The first-order chi connectivity index (χ1) is 26.4. The zero-order valence-electron chi connectivity index (χ0n) is 33.4. The number of amides is 3. The molecule has 10 nitrogen and oxygen atoms in total. The molecule has 304 valence electrons. The number of rotatable bonds is 14. The van der Waals surface area contributed by atoms with Gasteiger partial charge in [-0.1, -0.05) is 37.3 Å². The molecule has 3 saturated heterocycles. The van der Waals surface area contributed by atoms with Gasteiger partial charge in [0.05, 0.1) is 44.2 Å². The lowest BCUT2D eigenvalue weighted by atomic mass is 9.68. The van der Waals surface area contributed by atoms with Crippen molar-refractivity contribution in [2.45, 2.75) is 172 Å². The number of nitrogens with zero attached hydrogens (tertiary/aromatic N) is 2. The van der Waals surface area contributed by atoms with E-state index in [9.17, 15) is 19.5 Å². The summed E-state index contributed by atoms with van der Waals surface area (Å²) in [6, 6.07) is -0.512. The number of aliphatic hydroxyl groups is 1. The first kappa shape index (κ1) is 40.4. The van der Waals surface area contributed by atoms with Gasteiger partial charge in [-0.15, -0.1) is 0 Å². The van der Waals surface area contributed by atoms with Gasteiger partial charge in [-0.3, -0.25) is 19.7 Å². The molecule has 3 amide bonds. The minimum absolute atomic E-state index is 0.0271. The zero-order valence-corrected chi connectivity index (χ0v) is 33.4. The van der Waals surface area contributed by atoms with Crippen molar-refractivity contribution < 1.29 is 33.7 Å². The SMILES string of the molecule is CC/C(=C(\C1CCC(O)CC1)C1CCC(OCCN2CCC(OCCOC3CCC4C(=O)N(C5CCC(=O)NC5=O)CC4C3)CC2)CC1)C1CCCCC1. The van der Waals surface area contributed by atoms with Gasteiger partial charge in [0.15, 0.2) is 0 Å². The summed E-state index contributed by atoms with van der Waals surface area (Å²) in [6.07, 6.45) is 23.5. The van der Waals surface area contributed by atoms with Gasteiger partial charge in [0.2, 0.25) is 17.7 Å². The van der Waals surface area contributed by atoms with Gasteiger partial charge < -0.3 is 29.1 Å². The Morgan fingerprint density at radius 1 is 0.704 bits per heavy atom. The van der Waals surface area contributed by atoms with Crippen molar-refractivity contribution in [2.24, 2.45) is 29.6 Å². The number of ether oxygens (including phenoxy) is 3. The minimum atomic E-state index is -0.512. The number of hydrogen-bond donors (Lipinski definition) is 2. The predicted molar refractivity (Wildman–Crippen MR) is 207 cm³/mol. The molecular weight excluding hydrogens is 682 g/mol. The normalized spacial score (nSPS) is 35.5. The van der Waals surface area contributed by atoms with Gasteiger partial charge in [-0.25, -0.2) is 0 Å². The van der Waals surface area contributed by atoms with Gasteiger partial charge in [-0.2, -0.15) is 0 Å². The molecule has 0 radical (unpaired) electrons. The fourth-order valence-electron chi connectivity index (χ4n) is 11.8. The average molecular weight is 754 g/mol. The number of piperidine rings is 2. The van der Waals surface area contributed by atoms with E-state index >= 15 is 0 Å². The van der Waals surface area contributed by atoms with Crippen LogP contribution in [0.1, 0.15) is 142 Å². The van der Waals surface area contributed by atoms with Crippen molar-refractivity contribution in [3.8, 4) is 0 Å².